The molecule has 0 bridgehead atoms. The third-order valence-corrected chi connectivity index (χ3v) is 4.49. The zero-order valence-corrected chi connectivity index (χ0v) is 12.2. The van der Waals surface area contributed by atoms with Gasteiger partial charge in [-0.3, -0.25) is 9.69 Å². The van der Waals surface area contributed by atoms with E-state index in [1.807, 2.05) is 18.2 Å². The number of benzene rings is 1. The molecular weight excluding hydrogens is 270 g/mol. The Kier molecular flexibility index (Phi) is 4.12. The number of para-hydroxylation sites is 1. The number of likely N-dealkylation sites (N-methyl/N-ethyl adjacent to an activating group) is 1. The van der Waals surface area contributed by atoms with Crippen molar-refractivity contribution in [2.24, 2.45) is 5.92 Å². The first kappa shape index (κ1) is 14.4. The van der Waals surface area contributed by atoms with E-state index in [9.17, 15) is 9.90 Å². The molecule has 5 heteroatoms. The van der Waals surface area contributed by atoms with E-state index in [-0.39, 0.29) is 12.1 Å². The van der Waals surface area contributed by atoms with Gasteiger partial charge in [0.25, 0.3) is 0 Å². The summed E-state index contributed by atoms with van der Waals surface area (Å²) in [5.41, 5.74) is 1.15. The summed E-state index contributed by atoms with van der Waals surface area (Å²) in [5, 5.41) is 9.39. The lowest BCUT2D eigenvalue weighted by atomic mass is 9.94. The van der Waals surface area contributed by atoms with E-state index in [1.165, 1.54) is 0 Å². The number of ether oxygens (including phenoxy) is 2. The third kappa shape index (κ3) is 2.63. The number of rotatable bonds is 4. The van der Waals surface area contributed by atoms with Crippen LogP contribution in [0.4, 0.5) is 0 Å². The third-order valence-electron chi connectivity index (χ3n) is 4.49. The van der Waals surface area contributed by atoms with Crippen molar-refractivity contribution < 1.29 is 19.4 Å². The van der Waals surface area contributed by atoms with Gasteiger partial charge in [-0.05, 0) is 12.6 Å². The van der Waals surface area contributed by atoms with E-state index < -0.39 is 11.9 Å². The molecule has 1 N–H and O–H groups in total. The zero-order valence-electron chi connectivity index (χ0n) is 12.2. The van der Waals surface area contributed by atoms with Gasteiger partial charge in [-0.1, -0.05) is 25.1 Å². The Morgan fingerprint density at radius 2 is 2.19 bits per heavy atom. The maximum atomic E-state index is 11.4. The van der Waals surface area contributed by atoms with Crippen molar-refractivity contribution in [3.8, 4) is 5.75 Å². The van der Waals surface area contributed by atoms with Crippen LogP contribution in [0.3, 0.4) is 0 Å². The molecule has 114 valence electrons. The summed E-state index contributed by atoms with van der Waals surface area (Å²) >= 11 is 0. The monoisotopic (exact) mass is 291 g/mol. The lowest BCUT2D eigenvalue weighted by Crippen LogP contribution is -2.46. The van der Waals surface area contributed by atoms with Crippen LogP contribution in [0.15, 0.2) is 24.3 Å². The molecule has 0 amide bonds. The number of aliphatic carboxylic acids is 1. The second-order valence-electron chi connectivity index (χ2n) is 5.57. The molecule has 2 aliphatic rings. The van der Waals surface area contributed by atoms with E-state index >= 15 is 0 Å². The molecule has 0 radical (unpaired) electrons. The maximum Gasteiger partial charge on any atom is 0.310 e. The van der Waals surface area contributed by atoms with Crippen LogP contribution in [0.25, 0.3) is 0 Å². The molecule has 3 unspecified atom stereocenters. The fourth-order valence-corrected chi connectivity index (χ4v) is 3.46. The number of carboxylic acids is 1. The van der Waals surface area contributed by atoms with Crippen LogP contribution in [0.5, 0.6) is 5.75 Å². The van der Waals surface area contributed by atoms with Gasteiger partial charge in [-0.2, -0.15) is 0 Å². The Morgan fingerprint density at radius 1 is 1.38 bits per heavy atom. The van der Waals surface area contributed by atoms with Crippen LogP contribution < -0.4 is 4.74 Å². The average molecular weight is 291 g/mol. The standard InChI is InChI=1S/C16H21NO4/c1-2-17(14-10-20-9-12(14)16(18)19)13-7-8-21-15-6-4-3-5-11(13)15/h3-6,12-14H,2,7-10H2,1H3,(H,18,19). The minimum Gasteiger partial charge on any atom is -0.493 e. The van der Waals surface area contributed by atoms with Crippen LogP contribution in [0.2, 0.25) is 0 Å². The quantitative estimate of drug-likeness (QED) is 0.918. The van der Waals surface area contributed by atoms with Gasteiger partial charge >= 0.3 is 5.97 Å². The number of nitrogens with zero attached hydrogens (tertiary/aromatic N) is 1. The van der Waals surface area contributed by atoms with Crippen molar-refractivity contribution in [3.05, 3.63) is 29.8 Å². The molecule has 0 saturated carbocycles. The van der Waals surface area contributed by atoms with Crippen LogP contribution in [-0.2, 0) is 9.53 Å². The minimum atomic E-state index is -0.767. The summed E-state index contributed by atoms with van der Waals surface area (Å²) in [7, 11) is 0. The molecule has 0 aliphatic carbocycles. The van der Waals surface area contributed by atoms with Gasteiger partial charge in [0, 0.05) is 24.1 Å². The summed E-state index contributed by atoms with van der Waals surface area (Å²) < 4.78 is 11.1. The second-order valence-corrected chi connectivity index (χ2v) is 5.57. The lowest BCUT2D eigenvalue weighted by molar-refractivity contribution is -0.143. The van der Waals surface area contributed by atoms with Crippen molar-refractivity contribution in [2.75, 3.05) is 26.4 Å². The highest BCUT2D eigenvalue weighted by Crippen LogP contribution is 2.38. The molecule has 0 aromatic heterocycles. The normalized spacial score (nSPS) is 28.2. The first-order valence-electron chi connectivity index (χ1n) is 7.50. The number of carbonyl (C=O) groups is 1. The largest absolute Gasteiger partial charge is 0.493 e. The van der Waals surface area contributed by atoms with Crippen molar-refractivity contribution in [3.63, 3.8) is 0 Å². The fraction of sp³-hybridized carbons (Fsp3) is 0.562. The van der Waals surface area contributed by atoms with Crippen LogP contribution >= 0.6 is 0 Å². The summed E-state index contributed by atoms with van der Waals surface area (Å²) in [6.45, 7) is 4.35. The Balaban J connectivity index is 1.89. The second kappa shape index (κ2) is 6.03. The highest BCUT2D eigenvalue weighted by atomic mass is 16.5. The molecule has 0 spiro atoms. The number of fused-ring (bicyclic) bond motifs is 1. The molecular formula is C16H21NO4. The van der Waals surface area contributed by atoms with Gasteiger partial charge in [-0.25, -0.2) is 0 Å². The van der Waals surface area contributed by atoms with E-state index in [2.05, 4.69) is 17.9 Å². The number of hydrogen-bond acceptors (Lipinski definition) is 4. The first-order chi connectivity index (χ1) is 10.2. The van der Waals surface area contributed by atoms with Gasteiger partial charge < -0.3 is 14.6 Å². The summed E-state index contributed by atoms with van der Waals surface area (Å²) in [6, 6.07) is 8.17. The topological polar surface area (TPSA) is 59.0 Å². The predicted octanol–water partition coefficient (Wildman–Crippen LogP) is 1.93. The van der Waals surface area contributed by atoms with E-state index in [4.69, 9.17) is 9.47 Å². The highest BCUT2D eigenvalue weighted by Gasteiger charge is 2.41. The summed E-state index contributed by atoms with van der Waals surface area (Å²) in [5.74, 6) is -0.297. The molecule has 2 aliphatic heterocycles. The Morgan fingerprint density at radius 3 is 2.95 bits per heavy atom. The van der Waals surface area contributed by atoms with E-state index in [0.29, 0.717) is 19.8 Å². The van der Waals surface area contributed by atoms with E-state index in [0.717, 1.165) is 24.3 Å². The SMILES string of the molecule is CCN(C1CCOc2ccccc21)C1COCC1C(=O)O. The molecule has 21 heavy (non-hydrogen) atoms. The highest BCUT2D eigenvalue weighted by molar-refractivity contribution is 5.71. The zero-order chi connectivity index (χ0) is 14.8. The van der Waals surface area contributed by atoms with Gasteiger partial charge in [-0.15, -0.1) is 0 Å². The minimum absolute atomic E-state index is 0.0661. The van der Waals surface area contributed by atoms with Crippen molar-refractivity contribution >= 4 is 5.97 Å². The Bertz CT molecular complexity index is 519. The first-order valence-corrected chi connectivity index (χ1v) is 7.50. The van der Waals surface area contributed by atoms with Gasteiger partial charge in [0.2, 0.25) is 0 Å². The van der Waals surface area contributed by atoms with Gasteiger partial charge in [0.05, 0.1) is 25.7 Å². The molecule has 2 heterocycles. The van der Waals surface area contributed by atoms with Gasteiger partial charge in [0.15, 0.2) is 0 Å². The van der Waals surface area contributed by atoms with Crippen LogP contribution in [-0.4, -0.2) is 48.4 Å². The van der Waals surface area contributed by atoms with Crippen LogP contribution in [0.1, 0.15) is 24.9 Å². The predicted molar refractivity (Wildman–Crippen MR) is 77.4 cm³/mol. The Labute approximate surface area is 124 Å². The molecule has 1 aromatic carbocycles. The lowest BCUT2D eigenvalue weighted by Gasteiger charge is -2.39. The van der Waals surface area contributed by atoms with Gasteiger partial charge in [0.1, 0.15) is 5.75 Å². The summed E-state index contributed by atoms with van der Waals surface area (Å²) in [4.78, 5) is 13.7. The van der Waals surface area contributed by atoms with Crippen molar-refractivity contribution in [1.29, 1.82) is 0 Å². The molecule has 1 aromatic rings. The number of hydrogen-bond donors (Lipinski definition) is 1. The molecule has 1 fully saturated rings. The molecule has 5 nitrogen and oxygen atoms in total. The maximum absolute atomic E-state index is 11.4. The van der Waals surface area contributed by atoms with Crippen LogP contribution in [0, 0.1) is 5.92 Å². The summed E-state index contributed by atoms with van der Waals surface area (Å²) in [6.07, 6.45) is 0.883. The number of carboxylic acid groups (broad SMARTS) is 1. The molecule has 3 rings (SSSR count). The molecule has 1 saturated heterocycles. The molecule has 3 atom stereocenters. The average Bonchev–Trinajstić information content (AvgIpc) is 2.98. The van der Waals surface area contributed by atoms with Crippen molar-refractivity contribution in [1.82, 2.24) is 4.90 Å². The smallest absolute Gasteiger partial charge is 0.310 e. The van der Waals surface area contributed by atoms with Crippen molar-refractivity contribution in [2.45, 2.75) is 25.4 Å². The fourth-order valence-electron chi connectivity index (χ4n) is 3.46. The van der Waals surface area contributed by atoms with E-state index in [1.54, 1.807) is 0 Å². The Hall–Kier alpha value is -1.59.